The van der Waals surface area contributed by atoms with E-state index in [1.165, 1.54) is 0 Å². The van der Waals surface area contributed by atoms with Crippen molar-refractivity contribution in [2.75, 3.05) is 6.54 Å². The third kappa shape index (κ3) is 4.88. The Labute approximate surface area is 142 Å². The lowest BCUT2D eigenvalue weighted by molar-refractivity contribution is -0.125. The zero-order valence-corrected chi connectivity index (χ0v) is 14.8. The molecule has 2 aromatic rings. The fourth-order valence-corrected chi connectivity index (χ4v) is 3.17. The van der Waals surface area contributed by atoms with Gasteiger partial charge in [-0.3, -0.25) is 4.79 Å². The van der Waals surface area contributed by atoms with Crippen molar-refractivity contribution in [2.24, 2.45) is 11.7 Å². The highest BCUT2D eigenvalue weighted by Gasteiger charge is 2.21. The number of carbonyl (C=O) groups is 1. The highest BCUT2D eigenvalue weighted by Crippen LogP contribution is 2.20. The van der Waals surface area contributed by atoms with Gasteiger partial charge in [0.2, 0.25) is 5.91 Å². The number of rotatable bonds is 7. The summed E-state index contributed by atoms with van der Waals surface area (Å²) in [6, 6.07) is 9.44. The third-order valence-corrected chi connectivity index (χ3v) is 5.07. The van der Waals surface area contributed by atoms with Gasteiger partial charge in [-0.1, -0.05) is 51.1 Å². The molecule has 5 heteroatoms. The third-order valence-electron chi connectivity index (χ3n) is 3.88. The molecular formula is C18H25N3OS. The standard InChI is InChI=1S/C18H25N3OS/c1-12(2)18-21-15(11-23-18)9-10-20-17(22)13(3)16(19)14-7-5-4-6-8-14/h4-8,11-13,16H,9-10,19H2,1-3H3,(H,20,22). The van der Waals surface area contributed by atoms with E-state index in [1.807, 2.05) is 37.3 Å². The first-order valence-electron chi connectivity index (χ1n) is 8.01. The second-order valence-corrected chi connectivity index (χ2v) is 6.99. The molecule has 2 unspecified atom stereocenters. The van der Waals surface area contributed by atoms with Gasteiger partial charge in [0, 0.05) is 30.3 Å². The van der Waals surface area contributed by atoms with Gasteiger partial charge in [-0.15, -0.1) is 11.3 Å². The second-order valence-electron chi connectivity index (χ2n) is 6.10. The van der Waals surface area contributed by atoms with E-state index in [9.17, 15) is 4.79 Å². The van der Waals surface area contributed by atoms with Gasteiger partial charge in [0.15, 0.2) is 0 Å². The van der Waals surface area contributed by atoms with Gasteiger partial charge in [-0.2, -0.15) is 0 Å². The average Bonchev–Trinajstić information content (AvgIpc) is 3.03. The van der Waals surface area contributed by atoms with Gasteiger partial charge in [0.25, 0.3) is 0 Å². The van der Waals surface area contributed by atoms with Crippen molar-refractivity contribution in [1.82, 2.24) is 10.3 Å². The molecule has 1 heterocycles. The number of amides is 1. The molecule has 2 rings (SSSR count). The molecule has 1 aromatic heterocycles. The van der Waals surface area contributed by atoms with Crippen LogP contribution in [0.1, 0.15) is 49.0 Å². The molecule has 3 N–H and O–H groups in total. The Morgan fingerprint density at radius 2 is 1.96 bits per heavy atom. The summed E-state index contributed by atoms with van der Waals surface area (Å²) in [7, 11) is 0. The van der Waals surface area contributed by atoms with Crippen molar-refractivity contribution in [1.29, 1.82) is 0 Å². The van der Waals surface area contributed by atoms with E-state index >= 15 is 0 Å². The first kappa shape index (κ1) is 17.6. The largest absolute Gasteiger partial charge is 0.355 e. The number of thiazole rings is 1. The molecule has 0 spiro atoms. The number of nitrogens with zero attached hydrogens (tertiary/aromatic N) is 1. The molecule has 0 bridgehead atoms. The summed E-state index contributed by atoms with van der Waals surface area (Å²) in [6.07, 6.45) is 0.752. The van der Waals surface area contributed by atoms with Gasteiger partial charge < -0.3 is 11.1 Å². The van der Waals surface area contributed by atoms with Crippen molar-refractivity contribution < 1.29 is 4.79 Å². The summed E-state index contributed by atoms with van der Waals surface area (Å²) < 4.78 is 0. The minimum absolute atomic E-state index is 0.0133. The maximum atomic E-state index is 12.3. The predicted octanol–water partition coefficient (Wildman–Crippen LogP) is 3.26. The fourth-order valence-electron chi connectivity index (χ4n) is 2.30. The van der Waals surface area contributed by atoms with Crippen LogP contribution < -0.4 is 11.1 Å². The monoisotopic (exact) mass is 331 g/mol. The lowest BCUT2D eigenvalue weighted by Crippen LogP contribution is -2.36. The SMILES string of the molecule is CC(C)c1nc(CCNC(=O)C(C)C(N)c2ccccc2)cs1. The van der Waals surface area contributed by atoms with Gasteiger partial charge in [0.1, 0.15) is 0 Å². The molecule has 0 fully saturated rings. The molecule has 0 saturated heterocycles. The highest BCUT2D eigenvalue weighted by molar-refractivity contribution is 7.09. The molecule has 23 heavy (non-hydrogen) atoms. The van der Waals surface area contributed by atoms with Crippen LogP contribution in [0.15, 0.2) is 35.7 Å². The molecule has 1 amide bonds. The Kier molecular flexibility index (Phi) is 6.30. The summed E-state index contributed by atoms with van der Waals surface area (Å²) in [5, 5.41) is 6.18. The van der Waals surface area contributed by atoms with Crippen molar-refractivity contribution in [2.45, 2.75) is 39.2 Å². The van der Waals surface area contributed by atoms with Crippen LogP contribution in [0.3, 0.4) is 0 Å². The number of hydrogen-bond acceptors (Lipinski definition) is 4. The topological polar surface area (TPSA) is 68.0 Å². The molecule has 0 aliphatic carbocycles. The van der Waals surface area contributed by atoms with Crippen molar-refractivity contribution >= 4 is 17.2 Å². The smallest absolute Gasteiger partial charge is 0.224 e. The fraction of sp³-hybridized carbons (Fsp3) is 0.444. The number of hydrogen-bond donors (Lipinski definition) is 2. The summed E-state index contributed by atoms with van der Waals surface area (Å²) in [4.78, 5) is 16.8. The Morgan fingerprint density at radius 1 is 1.26 bits per heavy atom. The minimum atomic E-state index is -0.289. The predicted molar refractivity (Wildman–Crippen MR) is 95.5 cm³/mol. The molecule has 0 saturated carbocycles. The van der Waals surface area contributed by atoms with Gasteiger partial charge in [-0.25, -0.2) is 4.98 Å². The molecular weight excluding hydrogens is 306 g/mol. The lowest BCUT2D eigenvalue weighted by Gasteiger charge is -2.19. The average molecular weight is 331 g/mol. The van der Waals surface area contributed by atoms with Crippen LogP contribution in [-0.4, -0.2) is 17.4 Å². The molecule has 2 atom stereocenters. The van der Waals surface area contributed by atoms with Crippen molar-refractivity contribution in [3.63, 3.8) is 0 Å². The zero-order valence-electron chi connectivity index (χ0n) is 14.0. The molecule has 124 valence electrons. The van der Waals surface area contributed by atoms with E-state index in [1.54, 1.807) is 11.3 Å². The Hall–Kier alpha value is -1.72. The van der Waals surface area contributed by atoms with Gasteiger partial charge in [-0.05, 0) is 5.56 Å². The van der Waals surface area contributed by atoms with E-state index < -0.39 is 0 Å². The van der Waals surface area contributed by atoms with E-state index in [0.29, 0.717) is 12.5 Å². The van der Waals surface area contributed by atoms with E-state index in [4.69, 9.17) is 5.73 Å². The van der Waals surface area contributed by atoms with E-state index in [0.717, 1.165) is 22.7 Å². The van der Waals surface area contributed by atoms with E-state index in [2.05, 4.69) is 29.5 Å². The molecule has 0 aliphatic rings. The summed E-state index contributed by atoms with van der Waals surface area (Å²) in [5.41, 5.74) is 8.21. The zero-order chi connectivity index (χ0) is 16.8. The maximum absolute atomic E-state index is 12.3. The van der Waals surface area contributed by atoms with Crippen molar-refractivity contribution in [3.05, 3.63) is 52.0 Å². The molecule has 4 nitrogen and oxygen atoms in total. The van der Waals surface area contributed by atoms with Crippen LogP contribution in [0.4, 0.5) is 0 Å². The lowest BCUT2D eigenvalue weighted by atomic mass is 9.94. The van der Waals surface area contributed by atoms with Gasteiger partial charge >= 0.3 is 0 Å². The first-order valence-corrected chi connectivity index (χ1v) is 8.89. The van der Waals surface area contributed by atoms with Gasteiger partial charge in [0.05, 0.1) is 16.6 Å². The molecule has 0 radical (unpaired) electrons. The summed E-state index contributed by atoms with van der Waals surface area (Å²) in [6.45, 7) is 6.73. The summed E-state index contributed by atoms with van der Waals surface area (Å²) in [5.74, 6) is 0.173. The second kappa shape index (κ2) is 8.22. The quantitative estimate of drug-likeness (QED) is 0.818. The van der Waals surface area contributed by atoms with Crippen LogP contribution in [-0.2, 0) is 11.2 Å². The maximum Gasteiger partial charge on any atom is 0.224 e. The number of aromatic nitrogens is 1. The van der Waals surface area contributed by atoms with Crippen LogP contribution in [0.25, 0.3) is 0 Å². The van der Waals surface area contributed by atoms with Crippen molar-refractivity contribution in [3.8, 4) is 0 Å². The number of nitrogens with one attached hydrogen (secondary N) is 1. The number of carbonyl (C=O) groups excluding carboxylic acids is 1. The molecule has 1 aromatic carbocycles. The normalized spacial score (nSPS) is 13.8. The first-order chi connectivity index (χ1) is 11.0. The summed E-state index contributed by atoms with van der Waals surface area (Å²) >= 11 is 1.68. The van der Waals surface area contributed by atoms with Crippen LogP contribution in [0, 0.1) is 5.92 Å². The minimum Gasteiger partial charge on any atom is -0.355 e. The van der Waals surface area contributed by atoms with E-state index in [-0.39, 0.29) is 17.9 Å². The van der Waals surface area contributed by atoms with Crippen LogP contribution in [0.5, 0.6) is 0 Å². The van der Waals surface area contributed by atoms with Crippen LogP contribution >= 0.6 is 11.3 Å². The molecule has 0 aliphatic heterocycles. The Morgan fingerprint density at radius 3 is 2.57 bits per heavy atom. The highest BCUT2D eigenvalue weighted by atomic mass is 32.1. The van der Waals surface area contributed by atoms with Crippen LogP contribution in [0.2, 0.25) is 0 Å². The number of benzene rings is 1. The number of nitrogens with two attached hydrogens (primary N) is 1. The Bertz CT molecular complexity index is 624. The Balaban J connectivity index is 1.81.